The van der Waals surface area contributed by atoms with Crippen molar-refractivity contribution >= 4 is 43.6 Å². The minimum Gasteiger partial charge on any atom is -0.307 e. The van der Waals surface area contributed by atoms with Crippen LogP contribution < -0.4 is 0 Å². The highest BCUT2D eigenvalue weighted by molar-refractivity contribution is 6.24. The molecule has 1 aliphatic rings. The van der Waals surface area contributed by atoms with Crippen molar-refractivity contribution in [3.8, 4) is 67.8 Å². The Morgan fingerprint density at radius 1 is 0.338 bits per heavy atom. The number of aromatic nitrogens is 5. The normalized spacial score (nSPS) is 12.9. The van der Waals surface area contributed by atoms with Crippen molar-refractivity contribution in [1.29, 1.82) is 0 Å². The molecule has 0 saturated carbocycles. The fourth-order valence-corrected chi connectivity index (χ4v) is 10.5. The quantitative estimate of drug-likeness (QED) is 0.168. The van der Waals surface area contributed by atoms with Gasteiger partial charge in [0.05, 0.1) is 27.8 Å². The van der Waals surface area contributed by atoms with Gasteiger partial charge < -0.3 is 4.57 Å². The minimum absolute atomic E-state index is 0.178. The Balaban J connectivity index is 1.14. The van der Waals surface area contributed by atoms with E-state index in [2.05, 4.69) is 217 Å². The Morgan fingerprint density at radius 3 is 1.54 bits per heavy atom. The molecule has 0 saturated heterocycles. The van der Waals surface area contributed by atoms with Gasteiger partial charge in [-0.05, 0) is 63.2 Å². The number of benzene rings is 9. The van der Waals surface area contributed by atoms with Gasteiger partial charge in [-0.3, -0.25) is 4.57 Å². The highest BCUT2D eigenvalue weighted by atomic mass is 15.2. The van der Waals surface area contributed by atoms with Crippen LogP contribution >= 0.6 is 0 Å². The minimum atomic E-state index is -0.178. The third kappa shape index (κ3) is 5.68. The summed E-state index contributed by atoms with van der Waals surface area (Å²) >= 11 is 0. The molecule has 0 bridgehead atoms. The molecule has 0 unspecified atom stereocenters. The monoisotopic (exact) mass is 831 g/mol. The second kappa shape index (κ2) is 14.3. The van der Waals surface area contributed by atoms with Crippen LogP contribution in [0, 0.1) is 0 Å². The maximum absolute atomic E-state index is 5.51. The summed E-state index contributed by atoms with van der Waals surface area (Å²) in [4.78, 5) is 16.2. The van der Waals surface area contributed by atoms with E-state index in [1.54, 1.807) is 0 Å². The SMILES string of the molecule is CC1(C)c2ccccc2-c2ccc(-c3nc(-c4ccccc4)nc(-n4c5ccccc5c5ccc6c7ccccc7n(-c7cc(-c8ccccc8)ccc7-c7ccccc7)c6c54)n3)cc21. The smallest absolute Gasteiger partial charge is 0.238 e. The summed E-state index contributed by atoms with van der Waals surface area (Å²) in [6.07, 6.45) is 0. The van der Waals surface area contributed by atoms with Gasteiger partial charge in [0.1, 0.15) is 0 Å². The van der Waals surface area contributed by atoms with E-state index in [1.165, 1.54) is 33.2 Å². The lowest BCUT2D eigenvalue weighted by atomic mass is 9.82. The molecule has 0 spiro atoms. The number of rotatable bonds is 6. The molecule has 306 valence electrons. The van der Waals surface area contributed by atoms with Crippen molar-refractivity contribution in [2.75, 3.05) is 0 Å². The van der Waals surface area contributed by atoms with E-state index in [9.17, 15) is 0 Å². The van der Waals surface area contributed by atoms with Gasteiger partial charge in [-0.1, -0.05) is 202 Å². The average molecular weight is 832 g/mol. The fourth-order valence-electron chi connectivity index (χ4n) is 10.5. The maximum atomic E-state index is 5.51. The second-order valence-corrected chi connectivity index (χ2v) is 17.6. The lowest BCUT2D eigenvalue weighted by Gasteiger charge is -2.21. The van der Waals surface area contributed by atoms with Crippen molar-refractivity contribution in [2.24, 2.45) is 0 Å². The Labute approximate surface area is 376 Å². The Hall–Kier alpha value is -8.41. The van der Waals surface area contributed by atoms with Gasteiger partial charge in [0.15, 0.2) is 11.6 Å². The van der Waals surface area contributed by atoms with E-state index < -0.39 is 0 Å². The summed E-state index contributed by atoms with van der Waals surface area (Å²) < 4.78 is 4.77. The van der Waals surface area contributed by atoms with E-state index in [4.69, 9.17) is 15.0 Å². The zero-order valence-corrected chi connectivity index (χ0v) is 35.9. The number of nitrogens with zero attached hydrogens (tertiary/aromatic N) is 5. The summed E-state index contributed by atoms with van der Waals surface area (Å²) in [5.41, 5.74) is 16.8. The molecule has 0 radical (unpaired) electrons. The third-order valence-corrected chi connectivity index (χ3v) is 13.6. The average Bonchev–Trinajstić information content (AvgIpc) is 3.97. The van der Waals surface area contributed by atoms with Crippen LogP contribution in [0.25, 0.3) is 111 Å². The number of hydrogen-bond acceptors (Lipinski definition) is 3. The van der Waals surface area contributed by atoms with Crippen molar-refractivity contribution in [2.45, 2.75) is 19.3 Å². The molecule has 3 aromatic heterocycles. The van der Waals surface area contributed by atoms with E-state index in [0.29, 0.717) is 17.6 Å². The van der Waals surface area contributed by atoms with Crippen molar-refractivity contribution in [3.63, 3.8) is 0 Å². The van der Waals surface area contributed by atoms with Crippen LogP contribution in [-0.2, 0) is 5.41 Å². The van der Waals surface area contributed by atoms with Gasteiger partial charge >= 0.3 is 0 Å². The molecule has 12 aromatic rings. The second-order valence-electron chi connectivity index (χ2n) is 17.6. The maximum Gasteiger partial charge on any atom is 0.238 e. The number of hydrogen-bond donors (Lipinski definition) is 0. The molecule has 1 aliphatic carbocycles. The van der Waals surface area contributed by atoms with Gasteiger partial charge in [-0.2, -0.15) is 9.97 Å². The zero-order chi connectivity index (χ0) is 43.2. The molecule has 13 rings (SSSR count). The summed E-state index contributed by atoms with van der Waals surface area (Å²) in [5.74, 6) is 1.81. The van der Waals surface area contributed by atoms with Crippen LogP contribution in [-0.4, -0.2) is 24.1 Å². The predicted molar refractivity (Wildman–Crippen MR) is 268 cm³/mol. The van der Waals surface area contributed by atoms with Crippen molar-refractivity contribution in [1.82, 2.24) is 24.1 Å². The standard InChI is InChI=1S/C60H41N5/c1-60(2)50-27-15-12-24-44(50)45-33-31-42(36-51(45)60)58-61-57(40-22-10-5-11-23-40)62-59(63-58)65-53-29-17-14-26-47(53)49-35-34-48-46-25-13-16-28-52(46)64(55(48)56(49)65)54-37-41(38-18-6-3-7-19-38)30-32-43(54)39-20-8-4-9-21-39/h3-37H,1-2H3. The summed E-state index contributed by atoms with van der Waals surface area (Å²) in [7, 11) is 0. The van der Waals surface area contributed by atoms with Crippen LogP contribution in [0.2, 0.25) is 0 Å². The lowest BCUT2D eigenvalue weighted by Crippen LogP contribution is -2.15. The molecule has 3 heterocycles. The summed E-state index contributed by atoms with van der Waals surface area (Å²) in [6, 6.07) is 76.1. The van der Waals surface area contributed by atoms with Gasteiger partial charge in [-0.25, -0.2) is 4.98 Å². The Kier molecular flexibility index (Phi) is 8.18. The topological polar surface area (TPSA) is 48.5 Å². The molecular formula is C60H41N5. The van der Waals surface area contributed by atoms with Gasteiger partial charge in [0.2, 0.25) is 5.95 Å². The lowest BCUT2D eigenvalue weighted by molar-refractivity contribution is 0.660. The third-order valence-electron chi connectivity index (χ3n) is 13.6. The van der Waals surface area contributed by atoms with Gasteiger partial charge in [-0.15, -0.1) is 0 Å². The fraction of sp³-hybridized carbons (Fsp3) is 0.0500. The number of para-hydroxylation sites is 2. The highest BCUT2D eigenvalue weighted by Gasteiger charge is 2.35. The molecule has 5 nitrogen and oxygen atoms in total. The highest BCUT2D eigenvalue weighted by Crippen LogP contribution is 2.50. The first-order valence-corrected chi connectivity index (χ1v) is 22.3. The first-order chi connectivity index (χ1) is 32.0. The summed E-state index contributed by atoms with van der Waals surface area (Å²) in [6.45, 7) is 4.63. The molecule has 9 aromatic carbocycles. The molecule has 0 aliphatic heterocycles. The molecular weight excluding hydrogens is 791 g/mol. The van der Waals surface area contributed by atoms with Crippen LogP contribution in [0.4, 0.5) is 0 Å². The molecule has 65 heavy (non-hydrogen) atoms. The van der Waals surface area contributed by atoms with E-state index in [1.807, 2.05) is 18.2 Å². The van der Waals surface area contributed by atoms with Crippen LogP contribution in [0.3, 0.4) is 0 Å². The number of fused-ring (bicyclic) bond motifs is 10. The predicted octanol–water partition coefficient (Wildman–Crippen LogP) is 15.0. The van der Waals surface area contributed by atoms with Crippen LogP contribution in [0.5, 0.6) is 0 Å². The van der Waals surface area contributed by atoms with Crippen molar-refractivity contribution in [3.05, 3.63) is 223 Å². The summed E-state index contributed by atoms with van der Waals surface area (Å²) in [5, 5.41) is 4.58. The van der Waals surface area contributed by atoms with E-state index in [0.717, 1.165) is 71.7 Å². The van der Waals surface area contributed by atoms with Crippen LogP contribution in [0.15, 0.2) is 212 Å². The first-order valence-electron chi connectivity index (χ1n) is 22.3. The Morgan fingerprint density at radius 2 is 0.846 bits per heavy atom. The molecule has 0 atom stereocenters. The largest absolute Gasteiger partial charge is 0.307 e. The van der Waals surface area contributed by atoms with Crippen molar-refractivity contribution < 1.29 is 0 Å². The van der Waals surface area contributed by atoms with E-state index in [-0.39, 0.29) is 5.41 Å². The first kappa shape index (κ1) is 37.2. The van der Waals surface area contributed by atoms with Gasteiger partial charge in [0.25, 0.3) is 0 Å². The zero-order valence-electron chi connectivity index (χ0n) is 35.9. The Bertz CT molecular complexity index is 3840. The molecule has 0 amide bonds. The molecule has 0 N–H and O–H groups in total. The molecule has 0 fully saturated rings. The van der Waals surface area contributed by atoms with E-state index >= 15 is 0 Å². The molecule has 5 heteroatoms. The van der Waals surface area contributed by atoms with Crippen LogP contribution in [0.1, 0.15) is 25.0 Å². The van der Waals surface area contributed by atoms with Gasteiger partial charge in [0, 0.05) is 43.7 Å².